The Hall–Kier alpha value is -4.46. The minimum atomic E-state index is 0.00190. The van der Waals surface area contributed by atoms with Crippen molar-refractivity contribution >= 4 is 39.1 Å². The number of hydrogen-bond donors (Lipinski definition) is 2. The molecule has 0 atom stereocenters. The first-order valence-electron chi connectivity index (χ1n) is 13.9. The molecule has 0 unspecified atom stereocenters. The Bertz CT molecular complexity index is 1850. The van der Waals surface area contributed by atoms with Gasteiger partial charge in [-0.1, -0.05) is 0 Å². The minimum absolute atomic E-state index is 0.00190. The molecule has 3 aromatic carbocycles. The summed E-state index contributed by atoms with van der Waals surface area (Å²) >= 11 is 0. The van der Waals surface area contributed by atoms with Gasteiger partial charge in [0.05, 0.1) is 36.2 Å². The Morgan fingerprint density at radius 3 is 2.73 bits per heavy atom. The fraction of sp³-hybridized carbons (Fsp3) is 0.312. The van der Waals surface area contributed by atoms with E-state index in [-0.39, 0.29) is 11.9 Å². The predicted molar refractivity (Wildman–Crippen MR) is 158 cm³/mol. The number of hydrogen-bond acceptors (Lipinski definition) is 5. The van der Waals surface area contributed by atoms with E-state index in [1.807, 2.05) is 36.9 Å². The number of amides is 1. The Morgan fingerprint density at radius 1 is 1.10 bits per heavy atom. The van der Waals surface area contributed by atoms with Crippen molar-refractivity contribution in [3.8, 4) is 22.6 Å². The molecule has 8 heteroatoms. The number of methoxy groups -OCH3 is 1. The average Bonchev–Trinajstić information content (AvgIpc) is 3.61. The summed E-state index contributed by atoms with van der Waals surface area (Å²) in [5, 5.41) is 13.7. The van der Waals surface area contributed by atoms with Gasteiger partial charge in [0.15, 0.2) is 0 Å². The molecular weight excluding hydrogens is 502 g/mol. The second-order valence-corrected chi connectivity index (χ2v) is 10.9. The van der Waals surface area contributed by atoms with Gasteiger partial charge >= 0.3 is 0 Å². The fourth-order valence-corrected chi connectivity index (χ4v) is 6.67. The predicted octanol–water partition coefficient (Wildman–Crippen LogP) is 6.27. The molecule has 0 saturated carbocycles. The van der Waals surface area contributed by atoms with E-state index in [0.29, 0.717) is 13.2 Å². The average molecular weight is 536 g/mol. The smallest absolute Gasteiger partial charge is 0.252 e. The number of aryl methyl sites for hydroxylation is 3. The van der Waals surface area contributed by atoms with E-state index >= 15 is 0 Å². The highest BCUT2D eigenvalue weighted by Gasteiger charge is 2.35. The van der Waals surface area contributed by atoms with Crippen LogP contribution in [0.15, 0.2) is 42.6 Å². The first-order valence-corrected chi connectivity index (χ1v) is 13.9. The number of benzene rings is 3. The molecular formula is C32H33N5O3. The van der Waals surface area contributed by atoms with Crippen molar-refractivity contribution in [2.75, 3.05) is 19.0 Å². The van der Waals surface area contributed by atoms with Crippen LogP contribution in [0.5, 0.6) is 11.5 Å². The molecule has 1 aliphatic carbocycles. The zero-order chi connectivity index (χ0) is 27.7. The zero-order valence-corrected chi connectivity index (χ0v) is 23.5. The number of carbonyl (C=O) groups is 1. The highest BCUT2D eigenvalue weighted by molar-refractivity contribution is 6.20. The lowest BCUT2D eigenvalue weighted by Gasteiger charge is -2.22. The van der Waals surface area contributed by atoms with E-state index in [4.69, 9.17) is 14.6 Å². The summed E-state index contributed by atoms with van der Waals surface area (Å²) in [5.41, 5.74) is 10.5. The van der Waals surface area contributed by atoms with Crippen molar-refractivity contribution in [3.63, 3.8) is 0 Å². The minimum Gasteiger partial charge on any atom is -0.495 e. The number of fused-ring (bicyclic) bond motifs is 10. The standard InChI is InChI=1S/C32H33N5O3/c1-6-40-19-8-12-27(39-5)25(14-19)34-18-7-11-26-21(13-18)29-22-15-33-32(38)30(22)28-20(31(29)37(26)17(2)3)9-10-24-23(28)16-36(4)35-24/h7-8,11-14,16-17,34H,6,9-10,15H2,1-5H3,(H,33,38). The third kappa shape index (κ3) is 3.51. The van der Waals surface area contributed by atoms with Crippen molar-refractivity contribution in [2.24, 2.45) is 7.05 Å². The van der Waals surface area contributed by atoms with Crippen LogP contribution in [0.3, 0.4) is 0 Å². The molecule has 40 heavy (non-hydrogen) atoms. The quantitative estimate of drug-likeness (QED) is 0.268. The van der Waals surface area contributed by atoms with Gasteiger partial charge in [-0.15, -0.1) is 0 Å². The van der Waals surface area contributed by atoms with Crippen LogP contribution in [0.4, 0.5) is 11.4 Å². The van der Waals surface area contributed by atoms with Gasteiger partial charge in [0.2, 0.25) is 0 Å². The molecule has 8 nitrogen and oxygen atoms in total. The Labute approximate surface area is 232 Å². The number of ether oxygens (including phenoxy) is 2. The van der Waals surface area contributed by atoms with E-state index in [2.05, 4.69) is 53.4 Å². The van der Waals surface area contributed by atoms with Crippen LogP contribution in [-0.4, -0.2) is 34.0 Å². The van der Waals surface area contributed by atoms with E-state index < -0.39 is 0 Å². The number of aromatic nitrogens is 3. The normalized spacial score (nSPS) is 13.9. The molecule has 0 fully saturated rings. The van der Waals surface area contributed by atoms with Crippen molar-refractivity contribution < 1.29 is 14.3 Å². The van der Waals surface area contributed by atoms with Crippen molar-refractivity contribution in [2.45, 2.75) is 46.2 Å². The number of rotatable bonds is 6. The van der Waals surface area contributed by atoms with Crippen LogP contribution in [0.2, 0.25) is 0 Å². The molecule has 2 aromatic heterocycles. The fourth-order valence-electron chi connectivity index (χ4n) is 6.67. The molecule has 2 aliphatic rings. The second-order valence-electron chi connectivity index (χ2n) is 10.9. The van der Waals surface area contributed by atoms with Gasteiger partial charge in [0, 0.05) is 65.0 Å². The van der Waals surface area contributed by atoms with Gasteiger partial charge in [-0.25, -0.2) is 0 Å². The van der Waals surface area contributed by atoms with Crippen LogP contribution in [0.1, 0.15) is 54.0 Å². The molecule has 0 saturated heterocycles. The molecule has 5 aromatic rings. The van der Waals surface area contributed by atoms with E-state index in [0.717, 1.165) is 74.6 Å². The van der Waals surface area contributed by atoms with Crippen LogP contribution in [-0.2, 0) is 26.4 Å². The maximum atomic E-state index is 13.4. The largest absolute Gasteiger partial charge is 0.495 e. The number of nitrogens with zero attached hydrogens (tertiary/aromatic N) is 3. The molecule has 0 bridgehead atoms. The lowest BCUT2D eigenvalue weighted by atomic mass is 9.82. The zero-order valence-electron chi connectivity index (χ0n) is 23.5. The van der Waals surface area contributed by atoms with Crippen LogP contribution < -0.4 is 20.1 Å². The summed E-state index contributed by atoms with van der Waals surface area (Å²) in [6.07, 6.45) is 3.78. The van der Waals surface area contributed by atoms with Crippen LogP contribution in [0, 0.1) is 0 Å². The molecule has 2 N–H and O–H groups in total. The highest BCUT2D eigenvalue weighted by Crippen LogP contribution is 2.48. The first-order chi connectivity index (χ1) is 19.4. The summed E-state index contributed by atoms with van der Waals surface area (Å²) in [6.45, 7) is 7.55. The number of carbonyl (C=O) groups excluding carboxylic acids is 1. The monoisotopic (exact) mass is 535 g/mol. The van der Waals surface area contributed by atoms with Gasteiger partial charge in [0.1, 0.15) is 11.5 Å². The third-order valence-electron chi connectivity index (χ3n) is 8.16. The number of nitrogens with one attached hydrogen (secondary N) is 2. The van der Waals surface area contributed by atoms with Crippen molar-refractivity contribution in [3.05, 3.63) is 65.0 Å². The second kappa shape index (κ2) is 9.05. The highest BCUT2D eigenvalue weighted by atomic mass is 16.5. The van der Waals surface area contributed by atoms with Gasteiger partial charge in [-0.2, -0.15) is 5.10 Å². The molecule has 204 valence electrons. The molecule has 0 spiro atoms. The molecule has 7 rings (SSSR count). The Kier molecular flexibility index (Phi) is 5.56. The Balaban J connectivity index is 1.50. The van der Waals surface area contributed by atoms with Crippen LogP contribution in [0.25, 0.3) is 32.9 Å². The Morgan fingerprint density at radius 2 is 1.95 bits per heavy atom. The SMILES string of the molecule is CCOc1ccc(OC)c(Nc2ccc3c(c2)c2c4c(c5c(c2n3C(C)C)CCc2nn(C)cc2-5)C(=O)NC4)c1. The van der Waals surface area contributed by atoms with E-state index in [1.54, 1.807) is 7.11 Å². The lowest BCUT2D eigenvalue weighted by Crippen LogP contribution is -2.15. The van der Waals surface area contributed by atoms with Crippen LogP contribution >= 0.6 is 0 Å². The van der Waals surface area contributed by atoms with Crippen molar-refractivity contribution in [1.29, 1.82) is 0 Å². The van der Waals surface area contributed by atoms with Gasteiger partial charge in [-0.3, -0.25) is 9.48 Å². The van der Waals surface area contributed by atoms with Gasteiger partial charge in [0.25, 0.3) is 5.91 Å². The summed E-state index contributed by atoms with van der Waals surface area (Å²) in [6, 6.07) is 12.5. The summed E-state index contributed by atoms with van der Waals surface area (Å²) in [4.78, 5) is 13.4. The van der Waals surface area contributed by atoms with E-state index in [9.17, 15) is 4.79 Å². The lowest BCUT2D eigenvalue weighted by molar-refractivity contribution is 0.0966. The van der Waals surface area contributed by atoms with Crippen molar-refractivity contribution in [1.82, 2.24) is 19.7 Å². The summed E-state index contributed by atoms with van der Waals surface area (Å²) in [5.74, 6) is 1.53. The first kappa shape index (κ1) is 24.6. The molecule has 3 heterocycles. The third-order valence-corrected chi connectivity index (χ3v) is 8.16. The topological polar surface area (TPSA) is 82.3 Å². The number of anilines is 2. The molecule has 1 aliphatic heterocycles. The molecule has 0 radical (unpaired) electrons. The molecule has 1 amide bonds. The van der Waals surface area contributed by atoms with E-state index in [1.165, 1.54) is 16.5 Å². The maximum Gasteiger partial charge on any atom is 0.252 e. The van der Waals surface area contributed by atoms with Gasteiger partial charge in [-0.05, 0) is 75.1 Å². The summed E-state index contributed by atoms with van der Waals surface area (Å²) < 4.78 is 15.7. The van der Waals surface area contributed by atoms with Gasteiger partial charge < -0.3 is 24.7 Å². The summed E-state index contributed by atoms with van der Waals surface area (Å²) in [7, 11) is 3.62. The maximum absolute atomic E-state index is 13.4.